The van der Waals surface area contributed by atoms with Gasteiger partial charge >= 0.3 is 6.18 Å². The molecule has 1 aromatic carbocycles. The van der Waals surface area contributed by atoms with Gasteiger partial charge in [-0.25, -0.2) is 9.97 Å². The molecule has 0 aliphatic heterocycles. The number of ketones is 1. The summed E-state index contributed by atoms with van der Waals surface area (Å²) in [5.41, 5.74) is 0.190. The number of carbonyl (C=O) groups is 1. The summed E-state index contributed by atoms with van der Waals surface area (Å²) in [7, 11) is 1.65. The first-order chi connectivity index (χ1) is 14.8. The van der Waals surface area contributed by atoms with Gasteiger partial charge in [0.25, 0.3) is 0 Å². The Hall–Kier alpha value is -2.87. The lowest BCUT2D eigenvalue weighted by Crippen LogP contribution is -2.24. The lowest BCUT2D eigenvalue weighted by Gasteiger charge is -2.19. The highest BCUT2D eigenvalue weighted by Gasteiger charge is 2.42. The molecule has 31 heavy (non-hydrogen) atoms. The lowest BCUT2D eigenvalue weighted by atomic mass is 9.91. The van der Waals surface area contributed by atoms with Crippen molar-refractivity contribution in [3.63, 3.8) is 0 Å². The maximum Gasteiger partial charge on any atom is 0.417 e. The SMILES string of the molecule is CC/C=C1/C(=O)c2c(nc(-c3nc4ccccc4cc3SCC)n2C)C=C1C(F)(F)F. The number of imidazole rings is 1. The van der Waals surface area contributed by atoms with Gasteiger partial charge in [0.05, 0.1) is 16.8 Å². The summed E-state index contributed by atoms with van der Waals surface area (Å²) in [5, 5.41) is 0.963. The number of benzene rings is 1. The zero-order valence-corrected chi connectivity index (χ0v) is 18.1. The highest BCUT2D eigenvalue weighted by molar-refractivity contribution is 7.99. The van der Waals surface area contributed by atoms with Crippen molar-refractivity contribution >= 4 is 34.5 Å². The molecular formula is C23H20F3N3OS. The summed E-state index contributed by atoms with van der Waals surface area (Å²) in [6, 6.07) is 9.63. The van der Waals surface area contributed by atoms with E-state index in [1.807, 2.05) is 37.3 Å². The summed E-state index contributed by atoms with van der Waals surface area (Å²) in [4.78, 5) is 23.1. The summed E-state index contributed by atoms with van der Waals surface area (Å²) in [5.74, 6) is 0.492. The second-order valence-electron chi connectivity index (χ2n) is 7.10. The third-order valence-corrected chi connectivity index (χ3v) is 5.98. The molecule has 8 heteroatoms. The number of pyridine rings is 1. The predicted octanol–water partition coefficient (Wildman–Crippen LogP) is 6.23. The van der Waals surface area contributed by atoms with E-state index in [0.717, 1.165) is 27.6 Å². The maximum absolute atomic E-state index is 13.6. The molecule has 1 aliphatic carbocycles. The van der Waals surface area contributed by atoms with Gasteiger partial charge in [0.1, 0.15) is 11.4 Å². The van der Waals surface area contributed by atoms with E-state index in [1.165, 1.54) is 6.08 Å². The second-order valence-corrected chi connectivity index (χ2v) is 8.41. The maximum atomic E-state index is 13.6. The molecule has 0 saturated carbocycles. The first-order valence-electron chi connectivity index (χ1n) is 9.90. The summed E-state index contributed by atoms with van der Waals surface area (Å²) in [6.45, 7) is 3.71. The van der Waals surface area contributed by atoms with Crippen LogP contribution in [0.15, 0.2) is 52.4 Å². The molecule has 0 spiro atoms. The molecule has 3 aromatic rings. The molecule has 0 saturated heterocycles. The van der Waals surface area contributed by atoms with Crippen LogP contribution in [0.25, 0.3) is 28.5 Å². The minimum Gasteiger partial charge on any atom is -0.323 e. The molecule has 0 atom stereocenters. The minimum atomic E-state index is -4.64. The number of hydrogen-bond donors (Lipinski definition) is 0. The molecule has 1 aliphatic rings. The second kappa shape index (κ2) is 8.00. The van der Waals surface area contributed by atoms with Crippen molar-refractivity contribution in [2.24, 2.45) is 7.05 Å². The molecule has 160 valence electrons. The topological polar surface area (TPSA) is 47.8 Å². The van der Waals surface area contributed by atoms with Crippen LogP contribution in [0.4, 0.5) is 13.2 Å². The molecule has 4 rings (SSSR count). The molecule has 0 amide bonds. The van der Waals surface area contributed by atoms with Crippen LogP contribution in [0.5, 0.6) is 0 Å². The van der Waals surface area contributed by atoms with E-state index in [0.29, 0.717) is 17.9 Å². The van der Waals surface area contributed by atoms with Crippen LogP contribution in [-0.2, 0) is 7.05 Å². The number of halogens is 3. The van der Waals surface area contributed by atoms with Crippen LogP contribution in [0.2, 0.25) is 0 Å². The Morgan fingerprint density at radius 3 is 2.58 bits per heavy atom. The summed E-state index contributed by atoms with van der Waals surface area (Å²) in [6.07, 6.45) is -2.03. The highest BCUT2D eigenvalue weighted by atomic mass is 32.2. The van der Waals surface area contributed by atoms with E-state index >= 15 is 0 Å². The van der Waals surface area contributed by atoms with E-state index in [-0.39, 0.29) is 17.0 Å². The minimum absolute atomic E-state index is 0.0190. The predicted molar refractivity (Wildman–Crippen MR) is 117 cm³/mol. The quantitative estimate of drug-likeness (QED) is 0.354. The fourth-order valence-electron chi connectivity index (χ4n) is 3.73. The van der Waals surface area contributed by atoms with Gasteiger partial charge in [0.2, 0.25) is 5.78 Å². The fourth-order valence-corrected chi connectivity index (χ4v) is 4.52. The number of hydrogen-bond acceptors (Lipinski definition) is 4. The summed E-state index contributed by atoms with van der Waals surface area (Å²) < 4.78 is 42.5. The molecule has 0 unspecified atom stereocenters. The number of carbonyl (C=O) groups excluding carboxylic acids is 1. The van der Waals surface area contributed by atoms with E-state index < -0.39 is 17.5 Å². The average molecular weight is 443 g/mol. The first kappa shape index (κ1) is 21.4. The number of thioether (sulfide) groups is 1. The van der Waals surface area contributed by atoms with Gasteiger partial charge in [-0.3, -0.25) is 4.79 Å². The van der Waals surface area contributed by atoms with Crippen LogP contribution in [0, 0.1) is 0 Å². The first-order valence-corrected chi connectivity index (χ1v) is 10.9. The largest absolute Gasteiger partial charge is 0.417 e. The van der Waals surface area contributed by atoms with Gasteiger partial charge in [-0.2, -0.15) is 13.2 Å². The van der Waals surface area contributed by atoms with Gasteiger partial charge in [0.15, 0.2) is 5.82 Å². The van der Waals surface area contributed by atoms with Crippen LogP contribution in [0.1, 0.15) is 36.5 Å². The van der Waals surface area contributed by atoms with E-state index in [2.05, 4.69) is 4.98 Å². The lowest BCUT2D eigenvalue weighted by molar-refractivity contribution is -0.0883. The van der Waals surface area contributed by atoms with Crippen molar-refractivity contribution in [3.8, 4) is 11.5 Å². The Bertz CT molecular complexity index is 1250. The molecule has 4 nitrogen and oxygen atoms in total. The van der Waals surface area contributed by atoms with Gasteiger partial charge in [-0.05, 0) is 30.4 Å². The molecule has 0 fully saturated rings. The van der Waals surface area contributed by atoms with Crippen LogP contribution < -0.4 is 0 Å². The number of nitrogens with zero attached hydrogens (tertiary/aromatic N) is 3. The zero-order valence-electron chi connectivity index (χ0n) is 17.2. The number of rotatable bonds is 4. The van der Waals surface area contributed by atoms with Crippen LogP contribution >= 0.6 is 11.8 Å². The zero-order chi connectivity index (χ0) is 22.3. The molecule has 0 radical (unpaired) electrons. The summed E-state index contributed by atoms with van der Waals surface area (Å²) >= 11 is 1.57. The van der Waals surface area contributed by atoms with Crippen molar-refractivity contribution in [2.75, 3.05) is 5.75 Å². The van der Waals surface area contributed by atoms with Gasteiger partial charge in [-0.1, -0.05) is 38.1 Å². The number of aromatic nitrogens is 3. The van der Waals surface area contributed by atoms with Gasteiger partial charge in [-0.15, -0.1) is 11.8 Å². The fraction of sp³-hybridized carbons (Fsp3) is 0.261. The normalized spacial score (nSPS) is 15.5. The Morgan fingerprint density at radius 2 is 1.90 bits per heavy atom. The average Bonchev–Trinajstić information content (AvgIpc) is 3.05. The molecule has 0 bridgehead atoms. The van der Waals surface area contributed by atoms with Gasteiger partial charge in [0, 0.05) is 22.9 Å². The standard InChI is InChI=1S/C23H20F3N3OS/c1-4-8-14-15(23(24,25)26)12-17-20(21(14)30)29(3)22(28-17)19-18(31-5-2)11-13-9-6-7-10-16(13)27-19/h6-12H,4-5H2,1-3H3/b14-8+. The Balaban J connectivity index is 1.97. The number of Topliss-reactive ketones (excluding diaryl/α,β-unsaturated/α-hetero) is 1. The van der Waals surface area contributed by atoms with E-state index in [4.69, 9.17) is 4.98 Å². The molecule has 2 heterocycles. The Kier molecular flexibility index (Phi) is 5.51. The molecule has 0 N–H and O–H groups in total. The van der Waals surface area contributed by atoms with Crippen LogP contribution in [-0.4, -0.2) is 32.2 Å². The number of alkyl halides is 3. The van der Waals surface area contributed by atoms with Gasteiger partial charge < -0.3 is 4.57 Å². The monoisotopic (exact) mass is 443 g/mol. The van der Waals surface area contributed by atoms with Crippen molar-refractivity contribution in [1.82, 2.24) is 14.5 Å². The smallest absolute Gasteiger partial charge is 0.323 e. The van der Waals surface area contributed by atoms with Crippen molar-refractivity contribution in [1.29, 1.82) is 0 Å². The van der Waals surface area contributed by atoms with Crippen LogP contribution in [0.3, 0.4) is 0 Å². The highest BCUT2D eigenvalue weighted by Crippen LogP contribution is 2.40. The number of allylic oxidation sites excluding steroid dienone is 3. The Morgan fingerprint density at radius 1 is 1.16 bits per heavy atom. The van der Waals surface area contributed by atoms with E-state index in [9.17, 15) is 18.0 Å². The number of para-hydroxylation sites is 1. The van der Waals surface area contributed by atoms with Crippen molar-refractivity contribution in [2.45, 2.75) is 31.3 Å². The Labute approximate surface area is 181 Å². The van der Waals surface area contributed by atoms with Crippen molar-refractivity contribution in [3.05, 3.63) is 58.9 Å². The third kappa shape index (κ3) is 3.69. The molecule has 2 aromatic heterocycles. The van der Waals surface area contributed by atoms with Crippen molar-refractivity contribution < 1.29 is 18.0 Å². The van der Waals surface area contributed by atoms with E-state index in [1.54, 1.807) is 30.3 Å². The molecular weight excluding hydrogens is 423 g/mol. The third-order valence-electron chi connectivity index (χ3n) is 5.07. The number of fused-ring (bicyclic) bond motifs is 2.